The Kier molecular flexibility index (Phi) is 7.01. The predicted octanol–water partition coefficient (Wildman–Crippen LogP) is 3.42. The zero-order chi connectivity index (χ0) is 19.9. The van der Waals surface area contributed by atoms with E-state index in [1.54, 1.807) is 31.1 Å². The number of ether oxygens (including phenoxy) is 4. The second kappa shape index (κ2) is 9.66. The van der Waals surface area contributed by atoms with Crippen LogP contribution in [-0.2, 0) is 9.53 Å². The van der Waals surface area contributed by atoms with Crippen LogP contribution in [0.4, 0.5) is 0 Å². The Morgan fingerprint density at radius 1 is 1.21 bits per heavy atom. The third kappa shape index (κ3) is 5.30. The molecule has 1 heterocycles. The van der Waals surface area contributed by atoms with E-state index in [4.69, 9.17) is 30.5 Å². The van der Waals surface area contributed by atoms with Gasteiger partial charge in [0.2, 0.25) is 0 Å². The number of hydrogen-bond donors (Lipinski definition) is 0. The predicted molar refractivity (Wildman–Crippen MR) is 106 cm³/mol. The van der Waals surface area contributed by atoms with Crippen molar-refractivity contribution in [3.8, 4) is 17.2 Å². The maximum absolute atomic E-state index is 12.8. The van der Waals surface area contributed by atoms with Crippen LogP contribution >= 0.6 is 11.6 Å². The number of nitrogens with zero attached hydrogens (tertiary/aromatic N) is 1. The lowest BCUT2D eigenvalue weighted by Gasteiger charge is -2.34. The monoisotopic (exact) mass is 405 g/mol. The van der Waals surface area contributed by atoms with Crippen molar-refractivity contribution >= 4 is 17.5 Å². The van der Waals surface area contributed by atoms with E-state index in [0.717, 1.165) is 11.5 Å². The van der Waals surface area contributed by atoms with Crippen molar-refractivity contribution in [1.82, 2.24) is 4.90 Å². The minimum Gasteiger partial charge on any atom is -0.497 e. The van der Waals surface area contributed by atoms with Gasteiger partial charge in [-0.15, -0.1) is 0 Å². The van der Waals surface area contributed by atoms with E-state index in [9.17, 15) is 4.79 Å². The Hall–Kier alpha value is -2.44. The zero-order valence-corrected chi connectivity index (χ0v) is 16.7. The smallest absolute Gasteiger partial charge is 0.263 e. The molecule has 0 saturated carbocycles. The summed E-state index contributed by atoms with van der Waals surface area (Å²) in [6.07, 6.45) is -0.839. The minimum absolute atomic E-state index is 0.0994. The van der Waals surface area contributed by atoms with Crippen molar-refractivity contribution in [1.29, 1.82) is 0 Å². The van der Waals surface area contributed by atoms with Gasteiger partial charge in [-0.2, -0.15) is 0 Å². The van der Waals surface area contributed by atoms with Gasteiger partial charge in [0.1, 0.15) is 30.0 Å². The summed E-state index contributed by atoms with van der Waals surface area (Å²) < 4.78 is 22.4. The molecule has 0 N–H and O–H groups in total. The molecule has 150 valence electrons. The molecule has 3 rings (SSSR count). The fraction of sp³-hybridized carbons (Fsp3) is 0.381. The Labute approximate surface area is 169 Å². The molecule has 1 aliphatic rings. The lowest BCUT2D eigenvalue weighted by molar-refractivity contribution is -0.146. The lowest BCUT2D eigenvalue weighted by Crippen LogP contribution is -2.51. The van der Waals surface area contributed by atoms with E-state index >= 15 is 0 Å². The zero-order valence-electron chi connectivity index (χ0n) is 16.0. The van der Waals surface area contributed by atoms with Gasteiger partial charge in [-0.25, -0.2) is 0 Å². The Morgan fingerprint density at radius 3 is 2.64 bits per heavy atom. The number of para-hydroxylation sites is 1. The molecule has 0 aromatic heterocycles. The first kappa shape index (κ1) is 20.3. The highest BCUT2D eigenvalue weighted by Gasteiger charge is 2.29. The highest BCUT2D eigenvalue weighted by Crippen LogP contribution is 2.25. The summed E-state index contributed by atoms with van der Waals surface area (Å²) in [6, 6.07) is 14.5. The van der Waals surface area contributed by atoms with Gasteiger partial charge in [-0.05, 0) is 43.3 Å². The van der Waals surface area contributed by atoms with Crippen molar-refractivity contribution in [2.45, 2.75) is 19.1 Å². The summed E-state index contributed by atoms with van der Waals surface area (Å²) in [6.45, 7) is 3.51. The van der Waals surface area contributed by atoms with Crippen LogP contribution in [0.15, 0.2) is 48.5 Å². The first-order valence-corrected chi connectivity index (χ1v) is 9.53. The number of rotatable bonds is 7. The van der Waals surface area contributed by atoms with Gasteiger partial charge in [-0.3, -0.25) is 4.79 Å². The maximum Gasteiger partial charge on any atom is 0.263 e. The van der Waals surface area contributed by atoms with Crippen molar-refractivity contribution in [2.75, 3.05) is 33.4 Å². The van der Waals surface area contributed by atoms with Crippen LogP contribution in [-0.4, -0.2) is 56.4 Å². The van der Waals surface area contributed by atoms with Crippen LogP contribution in [0.25, 0.3) is 0 Å². The maximum atomic E-state index is 12.8. The molecule has 2 aromatic rings. The molecule has 7 heteroatoms. The summed E-state index contributed by atoms with van der Waals surface area (Å²) in [4.78, 5) is 14.5. The van der Waals surface area contributed by atoms with Crippen molar-refractivity contribution in [2.24, 2.45) is 0 Å². The van der Waals surface area contributed by atoms with Gasteiger partial charge < -0.3 is 23.8 Å². The Morgan fingerprint density at radius 2 is 1.93 bits per heavy atom. The topological polar surface area (TPSA) is 57.2 Å². The van der Waals surface area contributed by atoms with Crippen LogP contribution < -0.4 is 14.2 Å². The van der Waals surface area contributed by atoms with Gasteiger partial charge >= 0.3 is 0 Å². The van der Waals surface area contributed by atoms with Gasteiger partial charge in [0.15, 0.2) is 6.10 Å². The van der Waals surface area contributed by atoms with Crippen molar-refractivity contribution in [3.05, 3.63) is 53.6 Å². The minimum atomic E-state index is -0.638. The molecule has 28 heavy (non-hydrogen) atoms. The Bertz CT molecular complexity index is 783. The van der Waals surface area contributed by atoms with Crippen molar-refractivity contribution in [3.63, 3.8) is 0 Å². The van der Waals surface area contributed by atoms with Crippen LogP contribution in [0, 0.1) is 0 Å². The molecular formula is C21H24ClNO5. The quantitative estimate of drug-likeness (QED) is 0.706. The van der Waals surface area contributed by atoms with E-state index in [0.29, 0.717) is 37.1 Å². The summed E-state index contributed by atoms with van der Waals surface area (Å²) in [5.74, 6) is 1.89. The number of benzene rings is 2. The molecule has 0 aliphatic carbocycles. The largest absolute Gasteiger partial charge is 0.497 e. The van der Waals surface area contributed by atoms with Gasteiger partial charge in [0, 0.05) is 6.54 Å². The first-order valence-electron chi connectivity index (χ1n) is 9.15. The molecule has 0 unspecified atom stereocenters. The SMILES string of the molecule is COc1ccc(OC[C@H]2CN(C(=O)[C@H](C)Oc3ccccc3Cl)CCO2)cc1. The number of amides is 1. The summed E-state index contributed by atoms with van der Waals surface area (Å²) in [5, 5.41) is 0.481. The number of carbonyl (C=O) groups excluding carboxylic acids is 1. The van der Waals surface area contributed by atoms with E-state index < -0.39 is 6.10 Å². The van der Waals surface area contributed by atoms with Crippen LogP contribution in [0.5, 0.6) is 17.2 Å². The van der Waals surface area contributed by atoms with Crippen LogP contribution in [0.1, 0.15) is 6.92 Å². The standard InChI is InChI=1S/C21H24ClNO5/c1-15(28-20-6-4-3-5-19(20)22)21(24)23-11-12-26-18(13-23)14-27-17-9-7-16(25-2)8-10-17/h3-10,15,18H,11-14H2,1-2H3/t15-,18+/m0/s1. The van der Waals surface area contributed by atoms with Crippen LogP contribution in [0.3, 0.4) is 0 Å². The molecule has 1 fully saturated rings. The fourth-order valence-electron chi connectivity index (χ4n) is 2.92. The number of morpholine rings is 1. The van der Waals surface area contributed by atoms with E-state index in [-0.39, 0.29) is 12.0 Å². The second-order valence-electron chi connectivity index (χ2n) is 6.45. The van der Waals surface area contributed by atoms with Crippen molar-refractivity contribution < 1.29 is 23.7 Å². The highest BCUT2D eigenvalue weighted by atomic mass is 35.5. The first-order chi connectivity index (χ1) is 13.6. The molecule has 0 bridgehead atoms. The molecule has 0 spiro atoms. The fourth-order valence-corrected chi connectivity index (χ4v) is 3.10. The third-order valence-corrected chi connectivity index (χ3v) is 4.75. The molecule has 0 radical (unpaired) electrons. The molecule has 6 nitrogen and oxygen atoms in total. The average molecular weight is 406 g/mol. The highest BCUT2D eigenvalue weighted by molar-refractivity contribution is 6.32. The third-order valence-electron chi connectivity index (χ3n) is 4.43. The molecule has 2 atom stereocenters. The number of halogens is 1. The molecular weight excluding hydrogens is 382 g/mol. The average Bonchev–Trinajstić information content (AvgIpc) is 2.74. The lowest BCUT2D eigenvalue weighted by atomic mass is 10.2. The second-order valence-corrected chi connectivity index (χ2v) is 6.86. The number of hydrogen-bond acceptors (Lipinski definition) is 5. The molecule has 1 amide bonds. The van der Waals surface area contributed by atoms with E-state index in [1.165, 1.54) is 0 Å². The van der Waals surface area contributed by atoms with Gasteiger partial charge in [0.05, 0.1) is 25.3 Å². The van der Waals surface area contributed by atoms with Gasteiger partial charge in [0.25, 0.3) is 5.91 Å². The summed E-state index contributed by atoms with van der Waals surface area (Å²) >= 11 is 6.11. The number of methoxy groups -OCH3 is 1. The Balaban J connectivity index is 1.51. The van der Waals surface area contributed by atoms with Gasteiger partial charge in [-0.1, -0.05) is 23.7 Å². The molecule has 1 saturated heterocycles. The normalized spacial score (nSPS) is 17.7. The van der Waals surface area contributed by atoms with E-state index in [1.807, 2.05) is 36.4 Å². The summed E-state index contributed by atoms with van der Waals surface area (Å²) in [7, 11) is 1.62. The van der Waals surface area contributed by atoms with Crippen LogP contribution in [0.2, 0.25) is 5.02 Å². The number of carbonyl (C=O) groups is 1. The molecule has 1 aliphatic heterocycles. The van der Waals surface area contributed by atoms with E-state index in [2.05, 4.69) is 0 Å². The summed E-state index contributed by atoms with van der Waals surface area (Å²) in [5.41, 5.74) is 0. The molecule has 2 aromatic carbocycles.